The van der Waals surface area contributed by atoms with Gasteiger partial charge in [-0.05, 0) is 24.3 Å². The minimum atomic E-state index is -3.23. The zero-order valence-electron chi connectivity index (χ0n) is 10.4. The fourth-order valence-corrected chi connectivity index (χ4v) is 1.66. The zero-order chi connectivity index (χ0) is 15.4. The quantitative estimate of drug-likeness (QED) is 0.481. The van der Waals surface area contributed by atoms with Crippen LogP contribution in [0.3, 0.4) is 0 Å². The summed E-state index contributed by atoms with van der Waals surface area (Å²) in [7, 11) is 0. The minimum Gasteiger partial charge on any atom is -0.427 e. The van der Waals surface area contributed by atoms with Crippen LogP contribution in [0.5, 0.6) is 5.75 Å². The number of ketones is 1. The Balaban J connectivity index is 2.42. The number of carbonyl (C=O) groups excluding carboxylic acids is 1. The van der Waals surface area contributed by atoms with E-state index in [9.17, 15) is 23.7 Å². The molecule has 0 bridgehead atoms. The molecule has 8 heteroatoms. The molecule has 108 valence electrons. The SMILES string of the molecule is O=C(c1cccnc1)c1ccc([N+](=O)[O-])c(OC(F)F)c1. The highest BCUT2D eigenvalue weighted by Gasteiger charge is 2.21. The number of halogens is 2. The number of hydrogen-bond donors (Lipinski definition) is 0. The number of rotatable bonds is 5. The molecular weight excluding hydrogens is 286 g/mol. The van der Waals surface area contributed by atoms with E-state index in [1.807, 2.05) is 0 Å². The molecule has 0 unspecified atom stereocenters. The van der Waals surface area contributed by atoms with E-state index >= 15 is 0 Å². The number of nitro benzene ring substituents is 1. The molecule has 1 aromatic carbocycles. The normalized spacial score (nSPS) is 10.4. The van der Waals surface area contributed by atoms with Crippen molar-refractivity contribution < 1.29 is 23.2 Å². The zero-order valence-corrected chi connectivity index (χ0v) is 10.4. The number of hydrogen-bond acceptors (Lipinski definition) is 5. The van der Waals surface area contributed by atoms with E-state index in [2.05, 4.69) is 9.72 Å². The van der Waals surface area contributed by atoms with Gasteiger partial charge in [0, 0.05) is 29.6 Å². The predicted molar refractivity (Wildman–Crippen MR) is 67.4 cm³/mol. The maximum atomic E-state index is 12.3. The number of benzene rings is 1. The van der Waals surface area contributed by atoms with Gasteiger partial charge < -0.3 is 4.74 Å². The summed E-state index contributed by atoms with van der Waals surface area (Å²) in [5, 5.41) is 10.7. The van der Waals surface area contributed by atoms with Crippen molar-refractivity contribution in [3.05, 3.63) is 64.0 Å². The molecule has 0 atom stereocenters. The fourth-order valence-electron chi connectivity index (χ4n) is 1.66. The number of ether oxygens (including phenoxy) is 1. The topological polar surface area (TPSA) is 82.3 Å². The van der Waals surface area contributed by atoms with E-state index in [0.717, 1.165) is 12.1 Å². The Labute approximate surface area is 117 Å². The molecule has 6 nitrogen and oxygen atoms in total. The smallest absolute Gasteiger partial charge is 0.387 e. The molecule has 0 radical (unpaired) electrons. The second-order valence-electron chi connectivity index (χ2n) is 3.89. The Morgan fingerprint density at radius 3 is 2.62 bits per heavy atom. The first-order valence-electron chi connectivity index (χ1n) is 5.67. The van der Waals surface area contributed by atoms with Gasteiger partial charge in [-0.3, -0.25) is 19.9 Å². The third-order valence-corrected chi connectivity index (χ3v) is 2.56. The van der Waals surface area contributed by atoms with Crippen LogP contribution in [0.2, 0.25) is 0 Å². The molecule has 0 saturated heterocycles. The van der Waals surface area contributed by atoms with Gasteiger partial charge >= 0.3 is 12.3 Å². The van der Waals surface area contributed by atoms with Crippen molar-refractivity contribution in [3.63, 3.8) is 0 Å². The Morgan fingerprint density at radius 2 is 2.05 bits per heavy atom. The largest absolute Gasteiger partial charge is 0.427 e. The molecule has 2 aromatic rings. The molecule has 0 aliphatic heterocycles. The highest BCUT2D eigenvalue weighted by atomic mass is 19.3. The van der Waals surface area contributed by atoms with Crippen molar-refractivity contribution in [2.75, 3.05) is 0 Å². The highest BCUT2D eigenvalue weighted by molar-refractivity contribution is 6.09. The van der Waals surface area contributed by atoms with Crippen LogP contribution in [0, 0.1) is 10.1 Å². The Kier molecular flexibility index (Phi) is 4.17. The lowest BCUT2D eigenvalue weighted by Crippen LogP contribution is -2.07. The number of pyridine rings is 1. The molecule has 0 amide bonds. The van der Waals surface area contributed by atoms with Crippen molar-refractivity contribution in [1.29, 1.82) is 0 Å². The van der Waals surface area contributed by atoms with E-state index in [-0.39, 0.29) is 11.1 Å². The highest BCUT2D eigenvalue weighted by Crippen LogP contribution is 2.30. The Bertz CT molecular complexity index is 677. The van der Waals surface area contributed by atoms with Gasteiger partial charge in [0.05, 0.1) is 4.92 Å². The van der Waals surface area contributed by atoms with Crippen molar-refractivity contribution in [3.8, 4) is 5.75 Å². The van der Waals surface area contributed by atoms with Crippen LogP contribution in [0.4, 0.5) is 14.5 Å². The van der Waals surface area contributed by atoms with Gasteiger partial charge in [-0.25, -0.2) is 0 Å². The summed E-state index contributed by atoms with van der Waals surface area (Å²) in [5.41, 5.74) is -0.420. The van der Waals surface area contributed by atoms with Crippen molar-refractivity contribution in [1.82, 2.24) is 4.98 Å². The summed E-state index contributed by atoms with van der Waals surface area (Å²) in [6, 6.07) is 6.06. The van der Waals surface area contributed by atoms with Gasteiger partial charge in [-0.2, -0.15) is 8.78 Å². The van der Waals surface area contributed by atoms with E-state index in [4.69, 9.17) is 0 Å². The standard InChI is InChI=1S/C13H8F2N2O4/c14-13(15)21-11-6-8(3-4-10(11)17(19)20)12(18)9-2-1-5-16-7-9/h1-7,13H. The molecule has 0 spiro atoms. The van der Waals surface area contributed by atoms with E-state index in [0.29, 0.717) is 0 Å². The lowest BCUT2D eigenvalue weighted by molar-refractivity contribution is -0.386. The average Bonchev–Trinajstić information content (AvgIpc) is 2.46. The molecule has 0 saturated carbocycles. The lowest BCUT2D eigenvalue weighted by atomic mass is 10.0. The number of nitrogens with zero attached hydrogens (tertiary/aromatic N) is 2. The summed E-state index contributed by atoms with van der Waals surface area (Å²) >= 11 is 0. The summed E-state index contributed by atoms with van der Waals surface area (Å²) < 4.78 is 28.7. The lowest BCUT2D eigenvalue weighted by Gasteiger charge is -2.07. The van der Waals surface area contributed by atoms with Crippen LogP contribution in [0.1, 0.15) is 15.9 Å². The molecule has 1 aromatic heterocycles. The predicted octanol–water partition coefficient (Wildman–Crippen LogP) is 2.82. The van der Waals surface area contributed by atoms with Crippen LogP contribution in [0.25, 0.3) is 0 Å². The van der Waals surface area contributed by atoms with Crippen molar-refractivity contribution in [2.24, 2.45) is 0 Å². The van der Waals surface area contributed by atoms with Crippen LogP contribution in [-0.4, -0.2) is 22.3 Å². The maximum Gasteiger partial charge on any atom is 0.387 e. The first-order chi connectivity index (χ1) is 9.99. The van der Waals surface area contributed by atoms with E-state index < -0.39 is 28.8 Å². The third kappa shape index (κ3) is 3.35. The number of aromatic nitrogens is 1. The fraction of sp³-hybridized carbons (Fsp3) is 0.0769. The molecule has 0 N–H and O–H groups in total. The monoisotopic (exact) mass is 294 g/mol. The number of carbonyl (C=O) groups is 1. The maximum absolute atomic E-state index is 12.3. The molecule has 0 aliphatic rings. The van der Waals surface area contributed by atoms with Gasteiger partial charge in [0.2, 0.25) is 5.75 Å². The molecule has 1 heterocycles. The summed E-state index contributed by atoms with van der Waals surface area (Å²) in [6.45, 7) is -3.23. The molecule has 0 fully saturated rings. The van der Waals surface area contributed by atoms with Crippen LogP contribution in [0.15, 0.2) is 42.7 Å². The van der Waals surface area contributed by atoms with Crippen LogP contribution in [-0.2, 0) is 0 Å². The summed E-state index contributed by atoms with van der Waals surface area (Å²) in [6.07, 6.45) is 2.77. The van der Waals surface area contributed by atoms with Gasteiger partial charge in [0.1, 0.15) is 0 Å². The van der Waals surface area contributed by atoms with Crippen LogP contribution >= 0.6 is 0 Å². The van der Waals surface area contributed by atoms with Crippen LogP contribution < -0.4 is 4.74 Å². The molecular formula is C13H8F2N2O4. The van der Waals surface area contributed by atoms with Gasteiger partial charge in [-0.1, -0.05) is 0 Å². The van der Waals surface area contributed by atoms with Gasteiger partial charge in [0.25, 0.3) is 0 Å². The minimum absolute atomic E-state index is 0.00995. The van der Waals surface area contributed by atoms with E-state index in [1.54, 1.807) is 0 Å². The second-order valence-corrected chi connectivity index (χ2v) is 3.89. The number of nitro groups is 1. The molecule has 21 heavy (non-hydrogen) atoms. The molecule has 2 rings (SSSR count). The Morgan fingerprint density at radius 1 is 1.29 bits per heavy atom. The summed E-state index contributed by atoms with van der Waals surface area (Å²) in [4.78, 5) is 25.8. The first kappa shape index (κ1) is 14.5. The summed E-state index contributed by atoms with van der Waals surface area (Å²) in [5.74, 6) is -1.16. The first-order valence-corrected chi connectivity index (χ1v) is 5.67. The molecule has 0 aliphatic carbocycles. The number of alkyl halides is 2. The Hall–Kier alpha value is -2.90. The third-order valence-electron chi connectivity index (χ3n) is 2.56. The average molecular weight is 294 g/mol. The van der Waals surface area contributed by atoms with Gasteiger partial charge in [-0.15, -0.1) is 0 Å². The van der Waals surface area contributed by atoms with Crippen molar-refractivity contribution in [2.45, 2.75) is 6.61 Å². The second kappa shape index (κ2) is 6.04. The van der Waals surface area contributed by atoms with Crippen molar-refractivity contribution >= 4 is 11.5 Å². The van der Waals surface area contributed by atoms with E-state index in [1.165, 1.54) is 30.6 Å². The van der Waals surface area contributed by atoms with Gasteiger partial charge in [0.15, 0.2) is 5.78 Å².